The number of aliphatic hydroxyl groups excluding tert-OH is 1. The minimum absolute atomic E-state index is 0. The van der Waals surface area contributed by atoms with E-state index in [2.05, 4.69) is 0 Å². The van der Waals surface area contributed by atoms with Gasteiger partial charge in [0.1, 0.15) is 11.5 Å². The first kappa shape index (κ1) is 11.5. The van der Waals surface area contributed by atoms with Gasteiger partial charge in [-0.3, -0.25) is 0 Å². The van der Waals surface area contributed by atoms with Crippen molar-refractivity contribution in [1.29, 1.82) is 0 Å². The summed E-state index contributed by atoms with van der Waals surface area (Å²) in [6.45, 7) is 3.75. The number of nitrogens with two attached hydrogens (primary N) is 1. The predicted molar refractivity (Wildman–Crippen MR) is 49.4 cm³/mol. The first-order valence-corrected chi connectivity index (χ1v) is 3.58. The van der Waals surface area contributed by atoms with E-state index in [-0.39, 0.29) is 25.1 Å². The van der Waals surface area contributed by atoms with E-state index in [1.54, 1.807) is 0 Å². The van der Waals surface area contributed by atoms with Crippen LogP contribution in [0.5, 0.6) is 0 Å². The van der Waals surface area contributed by atoms with Crippen LogP contribution in [0.2, 0.25) is 0 Å². The topological polar surface area (TPSA) is 59.4 Å². The van der Waals surface area contributed by atoms with Gasteiger partial charge in [-0.2, -0.15) is 0 Å². The Morgan fingerprint density at radius 1 is 1.58 bits per heavy atom. The normalized spacial score (nSPS) is 12.3. The average Bonchev–Trinajstić information content (AvgIpc) is 2.31. The van der Waals surface area contributed by atoms with Crippen molar-refractivity contribution in [2.75, 3.05) is 6.61 Å². The maximum Gasteiger partial charge on any atom is 0.123 e. The van der Waals surface area contributed by atoms with Crippen LogP contribution in [0.4, 0.5) is 0 Å². The van der Waals surface area contributed by atoms with E-state index in [1.807, 2.05) is 19.9 Å². The highest BCUT2D eigenvalue weighted by molar-refractivity contribution is 5.85. The summed E-state index contributed by atoms with van der Waals surface area (Å²) in [7, 11) is 0. The van der Waals surface area contributed by atoms with Crippen molar-refractivity contribution >= 4 is 12.4 Å². The Morgan fingerprint density at radius 2 is 2.17 bits per heavy atom. The van der Waals surface area contributed by atoms with Crippen LogP contribution in [0.1, 0.15) is 23.1 Å². The largest absolute Gasteiger partial charge is 0.464 e. The van der Waals surface area contributed by atoms with Gasteiger partial charge in [-0.1, -0.05) is 0 Å². The molecule has 0 bridgehead atoms. The number of hydrogen-bond donors (Lipinski definition) is 2. The third-order valence-corrected chi connectivity index (χ3v) is 1.75. The molecule has 0 saturated carbocycles. The van der Waals surface area contributed by atoms with Crippen LogP contribution in [0.3, 0.4) is 0 Å². The first-order valence-electron chi connectivity index (χ1n) is 3.58. The van der Waals surface area contributed by atoms with Crippen molar-refractivity contribution in [2.45, 2.75) is 19.9 Å². The van der Waals surface area contributed by atoms with E-state index in [4.69, 9.17) is 15.3 Å². The highest BCUT2D eigenvalue weighted by atomic mass is 35.5. The van der Waals surface area contributed by atoms with Crippen molar-refractivity contribution in [3.63, 3.8) is 0 Å². The number of aryl methyl sites for hydroxylation is 2. The van der Waals surface area contributed by atoms with Crippen LogP contribution in [-0.2, 0) is 0 Å². The molecule has 0 radical (unpaired) electrons. The minimum atomic E-state index is -0.387. The van der Waals surface area contributed by atoms with E-state index >= 15 is 0 Å². The van der Waals surface area contributed by atoms with E-state index in [0.717, 1.165) is 11.3 Å². The molecule has 4 heteroatoms. The molecule has 1 rings (SSSR count). The molecule has 1 heterocycles. The summed E-state index contributed by atoms with van der Waals surface area (Å²) in [6.07, 6.45) is 0. The molecule has 1 aromatic rings. The zero-order valence-corrected chi connectivity index (χ0v) is 8.02. The van der Waals surface area contributed by atoms with Gasteiger partial charge in [-0.05, 0) is 25.5 Å². The molecule has 0 unspecified atom stereocenters. The molecule has 3 N–H and O–H groups in total. The third-order valence-electron chi connectivity index (χ3n) is 1.75. The Balaban J connectivity index is 0.00000121. The fraction of sp³-hybridized carbons (Fsp3) is 0.500. The number of halogens is 1. The molecule has 3 nitrogen and oxygen atoms in total. The number of furan rings is 1. The second kappa shape index (κ2) is 4.50. The van der Waals surface area contributed by atoms with Gasteiger partial charge < -0.3 is 15.3 Å². The van der Waals surface area contributed by atoms with Crippen molar-refractivity contribution in [3.8, 4) is 0 Å². The Kier molecular flexibility index (Phi) is 4.31. The van der Waals surface area contributed by atoms with Gasteiger partial charge in [-0.25, -0.2) is 0 Å². The summed E-state index contributed by atoms with van der Waals surface area (Å²) in [5, 5.41) is 8.70. The van der Waals surface area contributed by atoms with E-state index in [1.165, 1.54) is 0 Å². The van der Waals surface area contributed by atoms with Gasteiger partial charge in [0.15, 0.2) is 0 Å². The molecule has 12 heavy (non-hydrogen) atoms. The fourth-order valence-corrected chi connectivity index (χ4v) is 0.874. The van der Waals surface area contributed by atoms with E-state index < -0.39 is 0 Å². The smallest absolute Gasteiger partial charge is 0.123 e. The lowest BCUT2D eigenvalue weighted by Gasteiger charge is -2.01. The molecule has 0 saturated heterocycles. The molecule has 0 spiro atoms. The fourth-order valence-electron chi connectivity index (χ4n) is 0.874. The summed E-state index contributed by atoms with van der Waals surface area (Å²) in [4.78, 5) is 0. The second-order valence-electron chi connectivity index (χ2n) is 2.68. The zero-order valence-electron chi connectivity index (χ0n) is 7.20. The molecule has 70 valence electrons. The predicted octanol–water partition coefficient (Wildman–Crippen LogP) is 1.31. The van der Waals surface area contributed by atoms with Gasteiger partial charge >= 0.3 is 0 Å². The molecule has 0 aliphatic carbocycles. The van der Waals surface area contributed by atoms with Gasteiger partial charge in [0.2, 0.25) is 0 Å². The third kappa shape index (κ3) is 2.24. The lowest BCUT2D eigenvalue weighted by Crippen LogP contribution is -2.13. The summed E-state index contributed by atoms with van der Waals surface area (Å²) in [5.74, 6) is 1.52. The van der Waals surface area contributed by atoms with Crippen LogP contribution in [0.15, 0.2) is 10.5 Å². The van der Waals surface area contributed by atoms with E-state index in [0.29, 0.717) is 5.76 Å². The van der Waals surface area contributed by atoms with Crippen LogP contribution in [0.25, 0.3) is 0 Å². The van der Waals surface area contributed by atoms with Crippen molar-refractivity contribution in [2.24, 2.45) is 5.73 Å². The highest BCUT2D eigenvalue weighted by Crippen LogP contribution is 2.17. The molecule has 1 aromatic heterocycles. The monoisotopic (exact) mass is 191 g/mol. The summed E-state index contributed by atoms with van der Waals surface area (Å²) >= 11 is 0. The van der Waals surface area contributed by atoms with Gasteiger partial charge in [-0.15, -0.1) is 12.4 Å². The summed E-state index contributed by atoms with van der Waals surface area (Å²) in [6, 6.07) is 1.47. The van der Waals surface area contributed by atoms with Crippen LogP contribution < -0.4 is 5.73 Å². The standard InChI is InChI=1S/C8H13NO2.ClH/c1-5-3-8(7(9)4-10)11-6(5)2;/h3,7,10H,4,9H2,1-2H3;1H/t7-;/m0./s1. The van der Waals surface area contributed by atoms with E-state index in [9.17, 15) is 0 Å². The maximum atomic E-state index is 8.70. The van der Waals surface area contributed by atoms with Crippen LogP contribution >= 0.6 is 12.4 Å². The number of hydrogen-bond acceptors (Lipinski definition) is 3. The highest BCUT2D eigenvalue weighted by Gasteiger charge is 2.10. The van der Waals surface area contributed by atoms with Crippen molar-refractivity contribution in [3.05, 3.63) is 23.2 Å². The molecule has 0 fully saturated rings. The lowest BCUT2D eigenvalue weighted by atomic mass is 10.2. The Hall–Kier alpha value is -0.510. The maximum absolute atomic E-state index is 8.70. The molecule has 0 aliphatic rings. The molecule has 0 aromatic carbocycles. The number of aliphatic hydroxyl groups is 1. The first-order chi connectivity index (χ1) is 5.15. The van der Waals surface area contributed by atoms with Gasteiger partial charge in [0.05, 0.1) is 12.6 Å². The quantitative estimate of drug-likeness (QED) is 0.741. The van der Waals surface area contributed by atoms with Crippen LogP contribution in [-0.4, -0.2) is 11.7 Å². The Bertz CT molecular complexity index is 228. The second-order valence-corrected chi connectivity index (χ2v) is 2.68. The molecule has 1 atom stereocenters. The lowest BCUT2D eigenvalue weighted by molar-refractivity contribution is 0.250. The molecular formula is C8H14ClNO2. The molecule has 0 aliphatic heterocycles. The Morgan fingerprint density at radius 3 is 2.50 bits per heavy atom. The summed E-state index contributed by atoms with van der Waals surface area (Å²) < 4.78 is 5.28. The molecule has 0 amide bonds. The average molecular weight is 192 g/mol. The van der Waals surface area contributed by atoms with Gasteiger partial charge in [0.25, 0.3) is 0 Å². The van der Waals surface area contributed by atoms with Crippen LogP contribution in [0, 0.1) is 13.8 Å². The van der Waals surface area contributed by atoms with Crippen molar-refractivity contribution < 1.29 is 9.52 Å². The minimum Gasteiger partial charge on any atom is -0.464 e. The van der Waals surface area contributed by atoms with Gasteiger partial charge in [0, 0.05) is 0 Å². The molecular weight excluding hydrogens is 178 g/mol. The SMILES string of the molecule is Cc1cc([C@@H](N)CO)oc1C.Cl. The summed E-state index contributed by atoms with van der Waals surface area (Å²) in [5.41, 5.74) is 6.61. The number of rotatable bonds is 2. The van der Waals surface area contributed by atoms with Crippen molar-refractivity contribution in [1.82, 2.24) is 0 Å². The Labute approximate surface area is 78.0 Å². The zero-order chi connectivity index (χ0) is 8.43.